The van der Waals surface area contributed by atoms with Crippen molar-refractivity contribution >= 4 is 17.3 Å². The van der Waals surface area contributed by atoms with Crippen molar-refractivity contribution in [3.05, 3.63) is 23.3 Å². The van der Waals surface area contributed by atoms with Gasteiger partial charge < -0.3 is 24.4 Å². The van der Waals surface area contributed by atoms with Crippen LogP contribution in [-0.4, -0.2) is 75.6 Å². The summed E-state index contributed by atoms with van der Waals surface area (Å²) in [4.78, 5) is 4.43. The first kappa shape index (κ1) is 19.8. The molecular formula is C18H29N3O3S. The van der Waals surface area contributed by atoms with E-state index in [1.165, 1.54) is 0 Å². The second-order valence-corrected chi connectivity index (χ2v) is 6.56. The van der Waals surface area contributed by atoms with Gasteiger partial charge in [0, 0.05) is 39.8 Å². The van der Waals surface area contributed by atoms with E-state index < -0.39 is 0 Å². The molecule has 1 heterocycles. The number of nitrogens with zero attached hydrogens (tertiary/aromatic N) is 2. The lowest BCUT2D eigenvalue weighted by Gasteiger charge is -2.28. The van der Waals surface area contributed by atoms with Gasteiger partial charge in [0.15, 0.2) is 16.6 Å². The minimum atomic E-state index is 0.718. The molecule has 1 aromatic carbocycles. The molecule has 1 aromatic rings. The number of rotatable bonds is 7. The van der Waals surface area contributed by atoms with E-state index in [2.05, 4.69) is 17.1 Å². The molecule has 0 bridgehead atoms. The van der Waals surface area contributed by atoms with Crippen LogP contribution >= 0.6 is 12.2 Å². The molecule has 1 fully saturated rings. The zero-order chi connectivity index (χ0) is 18.2. The predicted octanol–water partition coefficient (Wildman–Crippen LogP) is 1.65. The van der Waals surface area contributed by atoms with Crippen LogP contribution in [0.2, 0.25) is 0 Å². The molecule has 6 nitrogen and oxygen atoms in total. The van der Waals surface area contributed by atoms with Gasteiger partial charge in [0.05, 0.1) is 27.4 Å². The molecule has 0 aliphatic carbocycles. The molecule has 1 saturated heterocycles. The van der Waals surface area contributed by atoms with Crippen LogP contribution in [0.25, 0.3) is 0 Å². The Morgan fingerprint density at radius 3 is 2.52 bits per heavy atom. The van der Waals surface area contributed by atoms with E-state index in [-0.39, 0.29) is 0 Å². The number of hydrogen-bond donors (Lipinski definition) is 1. The van der Waals surface area contributed by atoms with E-state index >= 15 is 0 Å². The monoisotopic (exact) mass is 367 g/mol. The van der Waals surface area contributed by atoms with Gasteiger partial charge in [0.2, 0.25) is 0 Å². The third-order valence-corrected chi connectivity index (χ3v) is 4.86. The number of ether oxygens (including phenoxy) is 3. The Kier molecular flexibility index (Phi) is 7.74. The van der Waals surface area contributed by atoms with Gasteiger partial charge in [-0.2, -0.15) is 0 Å². The van der Waals surface area contributed by atoms with Crippen molar-refractivity contribution in [1.29, 1.82) is 0 Å². The zero-order valence-electron chi connectivity index (χ0n) is 15.6. The highest BCUT2D eigenvalue weighted by molar-refractivity contribution is 7.80. The summed E-state index contributed by atoms with van der Waals surface area (Å²) in [6.45, 7) is 8.24. The molecule has 1 aliphatic heterocycles. The van der Waals surface area contributed by atoms with Gasteiger partial charge >= 0.3 is 0 Å². The maximum atomic E-state index is 5.51. The van der Waals surface area contributed by atoms with Crippen LogP contribution in [0.1, 0.15) is 11.1 Å². The Bertz CT molecular complexity index is 577. The number of methoxy groups -OCH3 is 2. The second kappa shape index (κ2) is 9.79. The number of nitrogens with one attached hydrogen (secondary N) is 1. The van der Waals surface area contributed by atoms with Crippen LogP contribution in [0.4, 0.5) is 0 Å². The average Bonchev–Trinajstić information content (AvgIpc) is 2.63. The Morgan fingerprint density at radius 2 is 1.88 bits per heavy atom. The summed E-state index contributed by atoms with van der Waals surface area (Å²) in [6, 6.07) is 4.01. The molecule has 0 amide bonds. The van der Waals surface area contributed by atoms with Gasteiger partial charge in [-0.3, -0.25) is 4.90 Å². The molecule has 7 heteroatoms. The fourth-order valence-electron chi connectivity index (χ4n) is 2.80. The summed E-state index contributed by atoms with van der Waals surface area (Å²) in [5, 5.41) is 4.09. The van der Waals surface area contributed by atoms with Crippen molar-refractivity contribution < 1.29 is 14.2 Å². The lowest BCUT2D eigenvalue weighted by Crippen LogP contribution is -2.44. The van der Waals surface area contributed by atoms with Gasteiger partial charge in [0.25, 0.3) is 0 Å². The smallest absolute Gasteiger partial charge is 0.169 e. The third-order valence-electron chi connectivity index (χ3n) is 4.40. The molecule has 0 spiro atoms. The first-order valence-corrected chi connectivity index (χ1v) is 8.96. The molecule has 140 valence electrons. The van der Waals surface area contributed by atoms with E-state index in [1.807, 2.05) is 24.1 Å². The first-order valence-electron chi connectivity index (χ1n) is 8.55. The minimum absolute atomic E-state index is 0.718. The lowest BCUT2D eigenvalue weighted by atomic mass is 10.1. The lowest BCUT2D eigenvalue weighted by molar-refractivity contribution is 0.0389. The van der Waals surface area contributed by atoms with Crippen LogP contribution < -0.4 is 14.8 Å². The normalized spacial score (nSPS) is 14.9. The average molecular weight is 368 g/mol. The van der Waals surface area contributed by atoms with Crippen LogP contribution in [0.3, 0.4) is 0 Å². The summed E-state index contributed by atoms with van der Waals surface area (Å²) in [7, 11) is 5.30. The number of benzene rings is 1. The largest absolute Gasteiger partial charge is 0.493 e. The summed E-state index contributed by atoms with van der Waals surface area (Å²) < 4.78 is 16.1. The van der Waals surface area contributed by atoms with E-state index in [4.69, 9.17) is 26.4 Å². The van der Waals surface area contributed by atoms with E-state index in [0.29, 0.717) is 0 Å². The molecule has 0 unspecified atom stereocenters. The first-order chi connectivity index (χ1) is 12.0. The standard InChI is InChI=1S/C18H29N3O3S/c1-14-11-16(22-3)17(23-4)12-15(14)13-20(2)18(25)19-5-6-21-7-9-24-10-8-21/h11-12H,5-10,13H2,1-4H3,(H,19,25). The molecule has 0 aromatic heterocycles. The highest BCUT2D eigenvalue weighted by Crippen LogP contribution is 2.30. The SMILES string of the molecule is COc1cc(C)c(CN(C)C(=S)NCCN2CCOCC2)cc1OC. The van der Waals surface area contributed by atoms with Gasteiger partial charge in [-0.05, 0) is 42.4 Å². The van der Waals surface area contributed by atoms with Crippen LogP contribution in [0.5, 0.6) is 11.5 Å². The molecule has 1 N–H and O–H groups in total. The van der Waals surface area contributed by atoms with Crippen molar-refractivity contribution in [1.82, 2.24) is 15.1 Å². The second-order valence-electron chi connectivity index (χ2n) is 6.18. The van der Waals surface area contributed by atoms with Crippen molar-refractivity contribution in [2.24, 2.45) is 0 Å². The Hall–Kier alpha value is -1.57. The highest BCUT2D eigenvalue weighted by atomic mass is 32.1. The van der Waals surface area contributed by atoms with Gasteiger partial charge in [0.1, 0.15) is 0 Å². The quantitative estimate of drug-likeness (QED) is 0.735. The Labute approximate surface area is 156 Å². The molecule has 1 aliphatic rings. The third kappa shape index (κ3) is 5.73. The molecule has 0 radical (unpaired) electrons. The number of thiocarbonyl (C=S) groups is 1. The highest BCUT2D eigenvalue weighted by Gasteiger charge is 2.13. The Balaban J connectivity index is 1.85. The molecule has 0 saturated carbocycles. The molecule has 25 heavy (non-hydrogen) atoms. The number of aryl methyl sites for hydroxylation is 1. The van der Waals surface area contributed by atoms with Crippen LogP contribution in [0.15, 0.2) is 12.1 Å². The molecular weight excluding hydrogens is 338 g/mol. The van der Waals surface area contributed by atoms with Crippen molar-refractivity contribution in [3.63, 3.8) is 0 Å². The summed E-state index contributed by atoms with van der Waals surface area (Å²) >= 11 is 5.51. The number of hydrogen-bond acceptors (Lipinski definition) is 5. The van der Waals surface area contributed by atoms with Crippen molar-refractivity contribution in [2.45, 2.75) is 13.5 Å². The maximum absolute atomic E-state index is 5.51. The van der Waals surface area contributed by atoms with E-state index in [1.54, 1.807) is 14.2 Å². The Morgan fingerprint density at radius 1 is 1.24 bits per heavy atom. The van der Waals surface area contributed by atoms with Crippen molar-refractivity contribution in [2.75, 3.05) is 60.7 Å². The summed E-state index contributed by atoms with van der Waals surface area (Å²) in [5.41, 5.74) is 2.32. The minimum Gasteiger partial charge on any atom is -0.493 e. The number of morpholine rings is 1. The summed E-state index contributed by atoms with van der Waals surface area (Å²) in [6.07, 6.45) is 0. The fourth-order valence-corrected chi connectivity index (χ4v) is 2.97. The predicted molar refractivity (Wildman–Crippen MR) is 104 cm³/mol. The van der Waals surface area contributed by atoms with Gasteiger partial charge in [-0.1, -0.05) is 0 Å². The van der Waals surface area contributed by atoms with E-state index in [0.717, 1.165) is 73.7 Å². The fraction of sp³-hybridized carbons (Fsp3) is 0.611. The van der Waals surface area contributed by atoms with Crippen molar-refractivity contribution in [3.8, 4) is 11.5 Å². The molecule has 2 rings (SSSR count). The van der Waals surface area contributed by atoms with E-state index in [9.17, 15) is 0 Å². The van der Waals surface area contributed by atoms with Gasteiger partial charge in [-0.15, -0.1) is 0 Å². The summed E-state index contributed by atoms with van der Waals surface area (Å²) in [5.74, 6) is 1.49. The van der Waals surface area contributed by atoms with Gasteiger partial charge in [-0.25, -0.2) is 0 Å². The van der Waals surface area contributed by atoms with Crippen LogP contribution in [0, 0.1) is 6.92 Å². The molecule has 0 atom stereocenters. The zero-order valence-corrected chi connectivity index (χ0v) is 16.4. The topological polar surface area (TPSA) is 46.2 Å². The van der Waals surface area contributed by atoms with Crippen LogP contribution in [-0.2, 0) is 11.3 Å². The maximum Gasteiger partial charge on any atom is 0.169 e.